The van der Waals surface area contributed by atoms with E-state index >= 15 is 0 Å². The molecule has 6 heteroatoms. The molecule has 0 atom stereocenters. The highest BCUT2D eigenvalue weighted by Crippen LogP contribution is 2.25. The van der Waals surface area contributed by atoms with Crippen LogP contribution in [0, 0.1) is 18.3 Å². The van der Waals surface area contributed by atoms with E-state index in [0.717, 1.165) is 19.6 Å². The Morgan fingerprint density at radius 2 is 2.13 bits per heavy atom. The number of carbonyl (C=O) groups excluding carboxylic acids is 1. The molecule has 0 aromatic carbocycles. The molecular weight excluding hydrogens is 297 g/mol. The van der Waals surface area contributed by atoms with Gasteiger partial charge in [-0.2, -0.15) is 4.39 Å². The summed E-state index contributed by atoms with van der Waals surface area (Å²) in [4.78, 5) is 18.1. The van der Waals surface area contributed by atoms with E-state index in [4.69, 9.17) is 4.74 Å². The fraction of sp³-hybridized carbons (Fsp3) is 0.647. The Labute approximate surface area is 137 Å². The molecule has 0 bridgehead atoms. The maximum Gasteiger partial charge on any atom is 0.238 e. The van der Waals surface area contributed by atoms with E-state index in [1.165, 1.54) is 0 Å². The van der Waals surface area contributed by atoms with Gasteiger partial charge in [-0.15, -0.1) is 0 Å². The number of pyridine rings is 1. The molecule has 2 heterocycles. The number of hydrogen-bond acceptors (Lipinski definition) is 4. The van der Waals surface area contributed by atoms with E-state index in [1.54, 1.807) is 6.92 Å². The fourth-order valence-electron chi connectivity index (χ4n) is 2.57. The largest absolute Gasteiger partial charge is 0.380 e. The number of nitrogens with one attached hydrogen (secondary N) is 1. The Balaban J connectivity index is 2.15. The first kappa shape index (κ1) is 17.7. The van der Waals surface area contributed by atoms with Gasteiger partial charge in [0.25, 0.3) is 0 Å². The molecule has 128 valence electrons. The maximum absolute atomic E-state index is 14.4. The molecule has 1 N–H and O–H groups in total. The summed E-state index contributed by atoms with van der Waals surface area (Å²) in [6, 6.07) is 1.82. The van der Waals surface area contributed by atoms with Crippen LogP contribution >= 0.6 is 0 Å². The molecule has 0 saturated carbocycles. The van der Waals surface area contributed by atoms with Crippen molar-refractivity contribution >= 4 is 17.4 Å². The van der Waals surface area contributed by atoms with Crippen molar-refractivity contribution in [2.45, 2.75) is 40.5 Å². The van der Waals surface area contributed by atoms with Crippen molar-refractivity contribution in [2.24, 2.45) is 5.41 Å². The fourth-order valence-corrected chi connectivity index (χ4v) is 2.57. The number of aromatic nitrogens is 1. The third-order valence-electron chi connectivity index (χ3n) is 3.66. The molecule has 5 nitrogen and oxygen atoms in total. The third kappa shape index (κ3) is 5.16. The van der Waals surface area contributed by atoms with Crippen molar-refractivity contribution in [1.29, 1.82) is 0 Å². The molecule has 2 rings (SSSR count). The van der Waals surface area contributed by atoms with Gasteiger partial charge in [0, 0.05) is 26.1 Å². The van der Waals surface area contributed by atoms with Gasteiger partial charge in [-0.3, -0.25) is 4.79 Å². The Morgan fingerprint density at radius 1 is 1.39 bits per heavy atom. The van der Waals surface area contributed by atoms with Gasteiger partial charge in [-0.1, -0.05) is 20.8 Å². The van der Waals surface area contributed by atoms with Crippen LogP contribution in [0.15, 0.2) is 6.07 Å². The number of ether oxygens (including phenoxy) is 1. The molecule has 0 spiro atoms. The van der Waals surface area contributed by atoms with Crippen molar-refractivity contribution in [2.75, 3.05) is 36.5 Å². The summed E-state index contributed by atoms with van der Waals surface area (Å²) in [7, 11) is 0. The van der Waals surface area contributed by atoms with Gasteiger partial charge in [0.1, 0.15) is 5.82 Å². The molecule has 0 aliphatic carbocycles. The van der Waals surface area contributed by atoms with Crippen LogP contribution in [0.4, 0.5) is 15.9 Å². The van der Waals surface area contributed by atoms with Crippen LogP contribution in [0.5, 0.6) is 0 Å². The van der Waals surface area contributed by atoms with E-state index in [9.17, 15) is 9.18 Å². The van der Waals surface area contributed by atoms with Crippen molar-refractivity contribution in [3.63, 3.8) is 0 Å². The molecule has 1 aliphatic rings. The Bertz CT molecular complexity index is 538. The quantitative estimate of drug-likeness (QED) is 0.868. The number of nitrogens with zero attached hydrogens (tertiary/aromatic N) is 2. The molecule has 1 aromatic heterocycles. The lowest BCUT2D eigenvalue weighted by Gasteiger charge is -2.22. The number of carbonyl (C=O) groups is 1. The van der Waals surface area contributed by atoms with Crippen LogP contribution in [0.1, 0.15) is 39.2 Å². The number of aryl methyl sites for hydroxylation is 1. The zero-order valence-electron chi connectivity index (χ0n) is 14.4. The molecule has 23 heavy (non-hydrogen) atoms. The minimum atomic E-state index is -0.632. The average Bonchev–Trinajstić information content (AvgIpc) is 2.69. The number of amides is 1. The van der Waals surface area contributed by atoms with Gasteiger partial charge in [-0.25, -0.2) is 4.98 Å². The first-order chi connectivity index (χ1) is 10.8. The van der Waals surface area contributed by atoms with E-state index in [-0.39, 0.29) is 17.0 Å². The molecule has 0 unspecified atom stereocenters. The second kappa shape index (κ2) is 7.25. The zero-order valence-corrected chi connectivity index (χ0v) is 14.4. The van der Waals surface area contributed by atoms with Crippen LogP contribution in [-0.4, -0.2) is 37.2 Å². The van der Waals surface area contributed by atoms with Crippen molar-refractivity contribution < 1.29 is 13.9 Å². The lowest BCUT2D eigenvalue weighted by molar-refractivity contribution is -0.117. The van der Waals surface area contributed by atoms with Gasteiger partial charge in [-0.05, 0) is 30.4 Å². The first-order valence-electron chi connectivity index (χ1n) is 8.06. The van der Waals surface area contributed by atoms with Gasteiger partial charge in [0.2, 0.25) is 11.9 Å². The molecular formula is C17H26FN3O2. The van der Waals surface area contributed by atoms with E-state index in [1.807, 2.05) is 31.7 Å². The molecule has 1 aliphatic heterocycles. The summed E-state index contributed by atoms with van der Waals surface area (Å²) in [6.07, 6.45) is 1.23. The highest BCUT2D eigenvalue weighted by atomic mass is 19.1. The van der Waals surface area contributed by atoms with Gasteiger partial charge < -0.3 is 15.0 Å². The van der Waals surface area contributed by atoms with Crippen molar-refractivity contribution in [3.05, 3.63) is 17.6 Å². The van der Waals surface area contributed by atoms with Crippen molar-refractivity contribution in [3.8, 4) is 0 Å². The molecule has 1 fully saturated rings. The van der Waals surface area contributed by atoms with Crippen LogP contribution < -0.4 is 10.2 Å². The van der Waals surface area contributed by atoms with Crippen LogP contribution in [-0.2, 0) is 9.53 Å². The highest BCUT2D eigenvalue weighted by molar-refractivity contribution is 5.92. The van der Waals surface area contributed by atoms with Crippen LogP contribution in [0.3, 0.4) is 0 Å². The summed E-state index contributed by atoms with van der Waals surface area (Å²) in [5.41, 5.74) is 0.711. The predicted molar refractivity (Wildman–Crippen MR) is 89.3 cm³/mol. The molecule has 1 amide bonds. The van der Waals surface area contributed by atoms with Gasteiger partial charge in [0.05, 0.1) is 12.3 Å². The number of anilines is 2. The van der Waals surface area contributed by atoms with Crippen LogP contribution in [0.2, 0.25) is 0 Å². The number of rotatable bonds is 3. The molecule has 0 radical (unpaired) electrons. The number of hydrogen-bond donors (Lipinski definition) is 1. The summed E-state index contributed by atoms with van der Waals surface area (Å²) in [5.74, 6) is -0.232. The third-order valence-corrected chi connectivity index (χ3v) is 3.66. The maximum atomic E-state index is 14.4. The monoisotopic (exact) mass is 323 g/mol. The standard InChI is InChI=1S/C17H26FN3O2/c1-12-10-13(21-6-5-8-23-9-7-21)19-16(18)15(12)20-14(22)11-17(2,3)4/h10H,5-9,11H2,1-4H3,(H,20,22). The molecule has 1 saturated heterocycles. The Morgan fingerprint density at radius 3 is 2.78 bits per heavy atom. The summed E-state index contributed by atoms with van der Waals surface area (Å²) in [5, 5.41) is 2.66. The van der Waals surface area contributed by atoms with E-state index in [0.29, 0.717) is 31.0 Å². The Hall–Kier alpha value is -1.69. The minimum absolute atomic E-state index is 0.145. The topological polar surface area (TPSA) is 54.5 Å². The predicted octanol–water partition coefficient (Wildman–Crippen LogP) is 3.13. The van der Waals surface area contributed by atoms with Gasteiger partial charge in [0.15, 0.2) is 0 Å². The number of halogens is 1. The summed E-state index contributed by atoms with van der Waals surface area (Å²) >= 11 is 0. The summed E-state index contributed by atoms with van der Waals surface area (Å²) < 4.78 is 19.8. The molecule has 1 aromatic rings. The minimum Gasteiger partial charge on any atom is -0.380 e. The lowest BCUT2D eigenvalue weighted by atomic mass is 9.92. The van der Waals surface area contributed by atoms with E-state index in [2.05, 4.69) is 10.3 Å². The lowest BCUT2D eigenvalue weighted by Crippen LogP contribution is -2.27. The second-order valence-electron chi connectivity index (χ2n) is 7.20. The van der Waals surface area contributed by atoms with Crippen molar-refractivity contribution in [1.82, 2.24) is 4.98 Å². The average molecular weight is 323 g/mol. The van der Waals surface area contributed by atoms with Crippen LogP contribution in [0.25, 0.3) is 0 Å². The normalized spacial score (nSPS) is 16.1. The first-order valence-corrected chi connectivity index (χ1v) is 8.06. The Kier molecular flexibility index (Phi) is 5.57. The highest BCUT2D eigenvalue weighted by Gasteiger charge is 2.20. The SMILES string of the molecule is Cc1cc(N2CCCOCC2)nc(F)c1NC(=O)CC(C)(C)C. The second-order valence-corrected chi connectivity index (χ2v) is 7.20. The zero-order chi connectivity index (χ0) is 17.0. The smallest absolute Gasteiger partial charge is 0.238 e. The van der Waals surface area contributed by atoms with E-state index < -0.39 is 5.95 Å². The van der Waals surface area contributed by atoms with Gasteiger partial charge >= 0.3 is 0 Å². The summed E-state index contributed by atoms with van der Waals surface area (Å²) in [6.45, 7) is 10.5.